The first-order valence-corrected chi connectivity index (χ1v) is 7.09. The Morgan fingerprint density at radius 2 is 1.95 bits per heavy atom. The number of amides is 1. The Labute approximate surface area is 124 Å². The van der Waals surface area contributed by atoms with Crippen LogP contribution >= 0.6 is 22.9 Å². The van der Waals surface area contributed by atoms with Gasteiger partial charge < -0.3 is 20.5 Å². The highest BCUT2D eigenvalue weighted by atomic mass is 35.5. The molecule has 0 bridgehead atoms. The molecular formula is C13H11ClN2O3S. The molecule has 3 N–H and O–H groups in total. The topological polar surface area (TPSA) is 73.6 Å². The van der Waals surface area contributed by atoms with Crippen LogP contribution in [0.4, 0.5) is 11.4 Å². The van der Waals surface area contributed by atoms with Crippen LogP contribution in [-0.2, 0) is 0 Å². The van der Waals surface area contributed by atoms with Crippen molar-refractivity contribution in [2.75, 3.05) is 24.3 Å². The molecule has 0 aliphatic carbocycles. The van der Waals surface area contributed by atoms with Crippen LogP contribution in [0.5, 0.6) is 11.5 Å². The van der Waals surface area contributed by atoms with Gasteiger partial charge in [0.25, 0.3) is 5.91 Å². The lowest BCUT2D eigenvalue weighted by Gasteiger charge is -2.20. The third-order valence-electron chi connectivity index (χ3n) is 2.76. The predicted octanol–water partition coefficient (Wildman–Crippen LogP) is 3.01. The van der Waals surface area contributed by atoms with Crippen LogP contribution in [0, 0.1) is 0 Å². The number of hydrogen-bond donors (Lipinski definition) is 2. The maximum absolute atomic E-state index is 12.1. The molecule has 0 radical (unpaired) electrons. The zero-order valence-electron chi connectivity index (χ0n) is 10.3. The van der Waals surface area contributed by atoms with Crippen molar-refractivity contribution in [3.63, 3.8) is 0 Å². The van der Waals surface area contributed by atoms with E-state index in [4.69, 9.17) is 26.8 Å². The summed E-state index contributed by atoms with van der Waals surface area (Å²) in [4.78, 5) is 12.6. The third-order valence-corrected chi connectivity index (χ3v) is 3.99. The molecule has 7 heteroatoms. The van der Waals surface area contributed by atoms with E-state index in [1.165, 1.54) is 11.3 Å². The first kappa shape index (κ1) is 13.1. The molecule has 1 aromatic carbocycles. The second kappa shape index (κ2) is 5.22. The number of fused-ring (bicyclic) bond motifs is 1. The number of thiophene rings is 1. The normalized spacial score (nSPS) is 13.1. The molecule has 1 amide bonds. The van der Waals surface area contributed by atoms with E-state index in [-0.39, 0.29) is 5.91 Å². The van der Waals surface area contributed by atoms with Gasteiger partial charge in [0.05, 0.1) is 20.6 Å². The van der Waals surface area contributed by atoms with Gasteiger partial charge in [0.15, 0.2) is 11.5 Å². The minimum Gasteiger partial charge on any atom is -0.486 e. The van der Waals surface area contributed by atoms with Crippen molar-refractivity contribution in [2.45, 2.75) is 0 Å². The summed E-state index contributed by atoms with van der Waals surface area (Å²) in [5.74, 6) is 0.904. The SMILES string of the molecule is Nc1cc2c(cc1NC(=O)c1ccc(Cl)s1)OCCO2. The zero-order valence-corrected chi connectivity index (χ0v) is 11.9. The Morgan fingerprint density at radius 3 is 2.60 bits per heavy atom. The van der Waals surface area contributed by atoms with Crippen molar-refractivity contribution in [1.29, 1.82) is 0 Å². The monoisotopic (exact) mass is 310 g/mol. The predicted molar refractivity (Wildman–Crippen MR) is 79.1 cm³/mol. The van der Waals surface area contributed by atoms with E-state index in [0.29, 0.717) is 45.3 Å². The second-order valence-corrected chi connectivity index (χ2v) is 5.86. The van der Waals surface area contributed by atoms with Crippen molar-refractivity contribution in [1.82, 2.24) is 0 Å². The molecule has 0 saturated carbocycles. The fourth-order valence-corrected chi connectivity index (χ4v) is 2.77. The molecule has 0 fully saturated rings. The largest absolute Gasteiger partial charge is 0.486 e. The number of carbonyl (C=O) groups excluding carboxylic acids is 1. The highest BCUT2D eigenvalue weighted by molar-refractivity contribution is 7.18. The minimum absolute atomic E-state index is 0.259. The molecule has 1 aliphatic rings. The molecule has 2 heterocycles. The number of nitrogens with one attached hydrogen (secondary N) is 1. The van der Waals surface area contributed by atoms with Crippen molar-refractivity contribution >= 4 is 40.2 Å². The number of benzene rings is 1. The molecule has 3 rings (SSSR count). The number of nitrogens with two attached hydrogens (primary N) is 1. The van der Waals surface area contributed by atoms with Gasteiger partial charge in [-0.25, -0.2) is 0 Å². The summed E-state index contributed by atoms with van der Waals surface area (Å²) in [7, 11) is 0. The van der Waals surface area contributed by atoms with Crippen LogP contribution in [0.15, 0.2) is 24.3 Å². The summed E-state index contributed by atoms with van der Waals surface area (Å²) >= 11 is 7.02. The van der Waals surface area contributed by atoms with E-state index in [1.807, 2.05) is 0 Å². The van der Waals surface area contributed by atoms with Crippen LogP contribution < -0.4 is 20.5 Å². The number of rotatable bonds is 2. The van der Waals surface area contributed by atoms with Crippen molar-refractivity contribution in [3.05, 3.63) is 33.5 Å². The van der Waals surface area contributed by atoms with Gasteiger partial charge >= 0.3 is 0 Å². The molecular weight excluding hydrogens is 300 g/mol. The van der Waals surface area contributed by atoms with Crippen LogP contribution in [0.3, 0.4) is 0 Å². The van der Waals surface area contributed by atoms with Crippen LogP contribution in [0.1, 0.15) is 9.67 Å². The molecule has 2 aromatic rings. The number of nitrogen functional groups attached to an aromatic ring is 1. The zero-order chi connectivity index (χ0) is 14.1. The quantitative estimate of drug-likeness (QED) is 0.836. The lowest BCUT2D eigenvalue weighted by atomic mass is 10.2. The summed E-state index contributed by atoms with van der Waals surface area (Å²) in [5, 5.41) is 2.74. The Bertz CT molecular complexity index is 672. The van der Waals surface area contributed by atoms with Gasteiger partial charge in [0, 0.05) is 12.1 Å². The number of halogens is 1. The fourth-order valence-electron chi connectivity index (χ4n) is 1.83. The minimum atomic E-state index is -0.259. The fraction of sp³-hybridized carbons (Fsp3) is 0.154. The molecule has 104 valence electrons. The molecule has 5 nitrogen and oxygen atoms in total. The van der Waals surface area contributed by atoms with E-state index in [9.17, 15) is 4.79 Å². The van der Waals surface area contributed by atoms with E-state index in [0.717, 1.165) is 0 Å². The van der Waals surface area contributed by atoms with E-state index < -0.39 is 0 Å². The lowest BCUT2D eigenvalue weighted by Crippen LogP contribution is -2.17. The van der Waals surface area contributed by atoms with Crippen LogP contribution in [-0.4, -0.2) is 19.1 Å². The third kappa shape index (κ3) is 2.52. The highest BCUT2D eigenvalue weighted by Crippen LogP contribution is 2.37. The van der Waals surface area contributed by atoms with Gasteiger partial charge in [-0.2, -0.15) is 0 Å². The van der Waals surface area contributed by atoms with Crippen molar-refractivity contribution in [3.8, 4) is 11.5 Å². The van der Waals surface area contributed by atoms with E-state index in [2.05, 4.69) is 5.32 Å². The Hall–Kier alpha value is -1.92. The van der Waals surface area contributed by atoms with Gasteiger partial charge in [-0.05, 0) is 12.1 Å². The standard InChI is InChI=1S/C13H11ClN2O3S/c14-12-2-1-11(20-12)13(17)16-8-6-10-9(5-7(8)15)18-3-4-19-10/h1-2,5-6H,3-4,15H2,(H,16,17). The number of anilines is 2. The van der Waals surface area contributed by atoms with E-state index >= 15 is 0 Å². The lowest BCUT2D eigenvalue weighted by molar-refractivity contribution is 0.103. The second-order valence-electron chi connectivity index (χ2n) is 4.14. The molecule has 0 atom stereocenters. The smallest absolute Gasteiger partial charge is 0.265 e. The molecule has 0 unspecified atom stereocenters. The Kier molecular flexibility index (Phi) is 3.42. The van der Waals surface area contributed by atoms with Crippen molar-refractivity contribution < 1.29 is 14.3 Å². The van der Waals surface area contributed by atoms with Gasteiger partial charge in [-0.1, -0.05) is 11.6 Å². The number of carbonyl (C=O) groups is 1. The summed E-state index contributed by atoms with van der Waals surface area (Å²) < 4.78 is 11.4. The first-order chi connectivity index (χ1) is 9.63. The summed E-state index contributed by atoms with van der Waals surface area (Å²) in [6.07, 6.45) is 0. The van der Waals surface area contributed by atoms with Crippen molar-refractivity contribution in [2.24, 2.45) is 0 Å². The van der Waals surface area contributed by atoms with E-state index in [1.54, 1.807) is 24.3 Å². The molecule has 0 saturated heterocycles. The summed E-state index contributed by atoms with van der Waals surface area (Å²) in [6, 6.07) is 6.65. The summed E-state index contributed by atoms with van der Waals surface area (Å²) in [6.45, 7) is 0.969. The molecule has 1 aliphatic heterocycles. The number of ether oxygens (including phenoxy) is 2. The molecule has 1 aromatic heterocycles. The van der Waals surface area contributed by atoms with Gasteiger partial charge in [0.2, 0.25) is 0 Å². The highest BCUT2D eigenvalue weighted by Gasteiger charge is 2.17. The molecule has 0 spiro atoms. The Balaban J connectivity index is 1.85. The Morgan fingerprint density at radius 1 is 1.25 bits per heavy atom. The van der Waals surface area contributed by atoms with Crippen LogP contribution in [0.25, 0.3) is 0 Å². The van der Waals surface area contributed by atoms with Crippen LogP contribution in [0.2, 0.25) is 4.34 Å². The molecule has 20 heavy (non-hydrogen) atoms. The van der Waals surface area contributed by atoms with Gasteiger partial charge in [0.1, 0.15) is 13.2 Å². The van der Waals surface area contributed by atoms with Gasteiger partial charge in [-0.15, -0.1) is 11.3 Å². The average molecular weight is 311 g/mol. The van der Waals surface area contributed by atoms with Gasteiger partial charge in [-0.3, -0.25) is 4.79 Å². The maximum atomic E-state index is 12.1. The first-order valence-electron chi connectivity index (χ1n) is 5.89. The number of hydrogen-bond acceptors (Lipinski definition) is 5. The average Bonchev–Trinajstić information content (AvgIpc) is 2.86. The maximum Gasteiger partial charge on any atom is 0.265 e. The summed E-state index contributed by atoms with van der Waals surface area (Å²) in [5.41, 5.74) is 6.81.